The number of amides is 1. The first-order valence-electron chi connectivity index (χ1n) is 9.88. The zero-order valence-electron chi connectivity index (χ0n) is 17.7. The predicted octanol–water partition coefficient (Wildman–Crippen LogP) is 3.34. The van der Waals surface area contributed by atoms with Gasteiger partial charge in [0.05, 0.1) is 27.5 Å². The summed E-state index contributed by atoms with van der Waals surface area (Å²) >= 11 is 12.1. The Balaban J connectivity index is 1.73. The Hall–Kier alpha value is -3.58. The van der Waals surface area contributed by atoms with Gasteiger partial charge in [0.25, 0.3) is 5.91 Å². The Morgan fingerprint density at radius 1 is 1.31 bits per heavy atom. The van der Waals surface area contributed by atoms with Gasteiger partial charge in [-0.15, -0.1) is 0 Å². The molecule has 1 atom stereocenters. The van der Waals surface area contributed by atoms with Crippen LogP contribution in [0.4, 0.5) is 24.7 Å². The molecule has 35 heavy (non-hydrogen) atoms. The number of pyridine rings is 1. The molecule has 1 aliphatic heterocycles. The lowest BCUT2D eigenvalue weighted by Gasteiger charge is -2.22. The second-order valence-electron chi connectivity index (χ2n) is 7.48. The molecule has 186 valence electrons. The number of carbonyl (C=O) groups excluding carboxylic acids is 1. The SMILES string of the molecule is N=CN(C(=N)C(F)(F)F)c1ccc(C(=O)N[C@@H]2CCN(c3ncc(Cl)c(C(=N)N)c3O)C2)c(Cl)c1. The van der Waals surface area contributed by atoms with Crippen LogP contribution in [0.1, 0.15) is 22.3 Å². The summed E-state index contributed by atoms with van der Waals surface area (Å²) in [5.74, 6) is -2.99. The number of nitrogen functional groups attached to an aromatic ring is 1. The van der Waals surface area contributed by atoms with Crippen molar-refractivity contribution in [2.45, 2.75) is 18.6 Å². The van der Waals surface area contributed by atoms with Crippen molar-refractivity contribution in [1.29, 1.82) is 16.2 Å². The number of nitrogens with one attached hydrogen (secondary N) is 4. The van der Waals surface area contributed by atoms with E-state index >= 15 is 0 Å². The number of aromatic hydroxyl groups is 1. The first kappa shape index (κ1) is 26.0. The van der Waals surface area contributed by atoms with Crippen molar-refractivity contribution >= 4 is 58.6 Å². The molecule has 0 spiro atoms. The smallest absolute Gasteiger partial charge is 0.449 e. The molecule has 0 bridgehead atoms. The molecule has 2 heterocycles. The molecule has 15 heteroatoms. The van der Waals surface area contributed by atoms with Gasteiger partial charge in [0, 0.05) is 31.0 Å². The quantitative estimate of drug-likeness (QED) is 0.247. The topological polar surface area (TPSA) is 166 Å². The lowest BCUT2D eigenvalue weighted by Crippen LogP contribution is -2.40. The van der Waals surface area contributed by atoms with Gasteiger partial charge < -0.3 is 21.1 Å². The fourth-order valence-electron chi connectivity index (χ4n) is 3.53. The lowest BCUT2D eigenvalue weighted by atomic mass is 10.1. The van der Waals surface area contributed by atoms with Crippen molar-refractivity contribution in [3.8, 4) is 5.75 Å². The molecule has 1 amide bonds. The number of nitrogens with two attached hydrogens (primary N) is 1. The molecule has 0 unspecified atom stereocenters. The second-order valence-corrected chi connectivity index (χ2v) is 8.30. The van der Waals surface area contributed by atoms with Crippen LogP contribution >= 0.6 is 23.2 Å². The van der Waals surface area contributed by atoms with Gasteiger partial charge in [-0.05, 0) is 24.6 Å². The highest BCUT2D eigenvalue weighted by Gasteiger charge is 2.39. The Morgan fingerprint density at radius 2 is 2.00 bits per heavy atom. The monoisotopic (exact) mass is 530 g/mol. The average molecular weight is 531 g/mol. The van der Waals surface area contributed by atoms with E-state index in [-0.39, 0.29) is 55.9 Å². The highest BCUT2D eigenvalue weighted by atomic mass is 35.5. The number of rotatable bonds is 6. The third-order valence-electron chi connectivity index (χ3n) is 5.19. The molecule has 0 aliphatic carbocycles. The zero-order valence-corrected chi connectivity index (χ0v) is 19.3. The first-order chi connectivity index (χ1) is 16.3. The number of hydrogen-bond donors (Lipinski definition) is 6. The van der Waals surface area contributed by atoms with Gasteiger partial charge in [0.15, 0.2) is 11.6 Å². The fourth-order valence-corrected chi connectivity index (χ4v) is 4.03. The van der Waals surface area contributed by atoms with E-state index in [1.807, 2.05) is 0 Å². The highest BCUT2D eigenvalue weighted by Crippen LogP contribution is 2.35. The van der Waals surface area contributed by atoms with Crippen LogP contribution in [0, 0.1) is 16.2 Å². The lowest BCUT2D eigenvalue weighted by molar-refractivity contribution is -0.0603. The summed E-state index contributed by atoms with van der Waals surface area (Å²) in [7, 11) is 0. The molecule has 1 fully saturated rings. The van der Waals surface area contributed by atoms with Gasteiger partial charge in [-0.1, -0.05) is 23.2 Å². The number of halogens is 5. The van der Waals surface area contributed by atoms with E-state index in [1.54, 1.807) is 4.90 Å². The van der Waals surface area contributed by atoms with Gasteiger partial charge >= 0.3 is 6.18 Å². The summed E-state index contributed by atoms with van der Waals surface area (Å²) in [5.41, 5.74) is 5.21. The molecule has 1 aromatic heterocycles. The average Bonchev–Trinajstić information content (AvgIpc) is 3.21. The van der Waals surface area contributed by atoms with E-state index in [0.717, 1.165) is 12.1 Å². The van der Waals surface area contributed by atoms with Crippen molar-refractivity contribution in [2.75, 3.05) is 22.9 Å². The molecule has 1 saturated heterocycles. The molecule has 1 aromatic carbocycles. The van der Waals surface area contributed by atoms with Crippen molar-refractivity contribution in [2.24, 2.45) is 5.73 Å². The van der Waals surface area contributed by atoms with E-state index in [4.69, 9.17) is 45.2 Å². The number of aromatic nitrogens is 1. The summed E-state index contributed by atoms with van der Waals surface area (Å²) in [6, 6.07) is 3.02. The number of nitrogens with zero attached hydrogens (tertiary/aromatic N) is 3. The largest absolute Gasteiger partial charge is 0.504 e. The normalized spacial score (nSPS) is 15.6. The second kappa shape index (κ2) is 9.96. The van der Waals surface area contributed by atoms with E-state index < -0.39 is 23.8 Å². The highest BCUT2D eigenvalue weighted by molar-refractivity contribution is 6.35. The Bertz CT molecular complexity index is 1210. The summed E-state index contributed by atoms with van der Waals surface area (Å²) in [4.78, 5) is 18.8. The first-order valence-corrected chi connectivity index (χ1v) is 10.6. The van der Waals surface area contributed by atoms with Crippen LogP contribution in [0.5, 0.6) is 5.75 Å². The third kappa shape index (κ3) is 5.41. The summed E-state index contributed by atoms with van der Waals surface area (Å²) < 4.78 is 38.6. The van der Waals surface area contributed by atoms with Crippen LogP contribution in [0.25, 0.3) is 0 Å². The van der Waals surface area contributed by atoms with Crippen LogP contribution in [0.2, 0.25) is 10.0 Å². The van der Waals surface area contributed by atoms with Crippen LogP contribution < -0.4 is 20.9 Å². The number of carbonyl (C=O) groups is 1. The van der Waals surface area contributed by atoms with Crippen LogP contribution in [-0.2, 0) is 0 Å². The third-order valence-corrected chi connectivity index (χ3v) is 5.79. The Kier molecular flexibility index (Phi) is 7.41. The van der Waals surface area contributed by atoms with E-state index in [1.165, 1.54) is 12.3 Å². The van der Waals surface area contributed by atoms with Crippen molar-refractivity contribution in [3.05, 3.63) is 45.6 Å². The number of anilines is 2. The minimum Gasteiger partial charge on any atom is -0.504 e. The zero-order chi connectivity index (χ0) is 26.1. The predicted molar refractivity (Wildman–Crippen MR) is 127 cm³/mol. The van der Waals surface area contributed by atoms with Gasteiger partial charge in [0.2, 0.25) is 5.84 Å². The number of benzene rings is 1. The molecule has 7 N–H and O–H groups in total. The molecule has 2 aromatic rings. The van der Waals surface area contributed by atoms with Crippen LogP contribution in [0.3, 0.4) is 0 Å². The summed E-state index contributed by atoms with van der Waals surface area (Å²) in [5, 5.41) is 35.1. The van der Waals surface area contributed by atoms with Gasteiger partial charge in [-0.25, -0.2) is 4.98 Å². The van der Waals surface area contributed by atoms with E-state index in [0.29, 0.717) is 19.3 Å². The van der Waals surface area contributed by atoms with Gasteiger partial charge in [-0.2, -0.15) is 13.2 Å². The summed E-state index contributed by atoms with van der Waals surface area (Å²) in [6.45, 7) is 0.663. The molecule has 0 saturated carbocycles. The van der Waals surface area contributed by atoms with Gasteiger partial charge in [-0.3, -0.25) is 25.9 Å². The van der Waals surface area contributed by atoms with Crippen LogP contribution in [-0.4, -0.2) is 59.3 Å². The molecule has 0 radical (unpaired) electrons. The van der Waals surface area contributed by atoms with E-state index in [2.05, 4.69) is 10.3 Å². The van der Waals surface area contributed by atoms with E-state index in [9.17, 15) is 23.1 Å². The molecule has 3 rings (SSSR count). The maximum Gasteiger partial charge on any atom is 0.449 e. The molecule has 1 aliphatic rings. The van der Waals surface area contributed by atoms with Crippen molar-refractivity contribution in [3.63, 3.8) is 0 Å². The standard InChI is InChI=1S/C20H19Cl2F3N8O2/c21-12-5-10(33(8-26)19(29)20(23,24)25)1-2-11(12)18(35)31-9-3-4-32(7-9)17-15(34)14(16(27)28)13(22)6-30-17/h1-2,5-6,8-9,26,29,34H,3-4,7H2,(H3,27,28)(H,31,35)/t9-/m1/s1. The Morgan fingerprint density at radius 3 is 2.57 bits per heavy atom. The van der Waals surface area contributed by atoms with Crippen LogP contribution in [0.15, 0.2) is 24.4 Å². The maximum atomic E-state index is 12.9. The molecule has 10 nitrogen and oxygen atoms in total. The molecular weight excluding hydrogens is 512 g/mol. The summed E-state index contributed by atoms with van der Waals surface area (Å²) in [6.07, 6.45) is -2.92. The fraction of sp³-hybridized carbons (Fsp3) is 0.250. The Labute approximate surface area is 207 Å². The number of hydrogen-bond acceptors (Lipinski definition) is 7. The number of alkyl halides is 3. The van der Waals surface area contributed by atoms with Crippen molar-refractivity contribution < 1.29 is 23.1 Å². The molecular formula is C20H19Cl2F3N8O2. The minimum absolute atomic E-state index is 0.0105. The van der Waals surface area contributed by atoms with Crippen molar-refractivity contribution in [1.82, 2.24) is 10.3 Å². The maximum absolute atomic E-state index is 12.9. The number of amidine groups is 2. The van der Waals surface area contributed by atoms with Gasteiger partial charge in [0.1, 0.15) is 5.84 Å². The minimum atomic E-state index is -4.98.